The van der Waals surface area contributed by atoms with E-state index in [1.165, 1.54) is 0 Å². The van der Waals surface area contributed by atoms with Crippen molar-refractivity contribution in [1.82, 2.24) is 10.2 Å². The van der Waals surface area contributed by atoms with Gasteiger partial charge in [-0.05, 0) is 52.8 Å². The van der Waals surface area contributed by atoms with E-state index in [4.69, 9.17) is 27.6 Å². The number of hydrogen-bond acceptors (Lipinski definition) is 4. The van der Waals surface area contributed by atoms with Crippen LogP contribution in [0.2, 0.25) is 10.0 Å². The number of carbonyl (C=O) groups is 3. The number of nitrogens with one attached hydrogen (secondary N) is 1. The Hall–Kier alpha value is -3.81. The summed E-state index contributed by atoms with van der Waals surface area (Å²) in [6, 6.07) is 17.2. The second-order valence-corrected chi connectivity index (χ2v) is 11.1. The van der Waals surface area contributed by atoms with Crippen molar-refractivity contribution in [3.63, 3.8) is 0 Å². The third-order valence-electron chi connectivity index (χ3n) is 7.22. The van der Waals surface area contributed by atoms with E-state index < -0.39 is 17.9 Å². The summed E-state index contributed by atoms with van der Waals surface area (Å²) in [5.41, 5.74) is 3.99. The van der Waals surface area contributed by atoms with Gasteiger partial charge in [-0.15, -0.1) is 0 Å². The molecule has 0 bridgehead atoms. The van der Waals surface area contributed by atoms with Crippen LogP contribution < -0.4 is 5.32 Å². The van der Waals surface area contributed by atoms with Gasteiger partial charge in [0.15, 0.2) is 5.76 Å². The summed E-state index contributed by atoms with van der Waals surface area (Å²) in [5, 5.41) is 13.5. The Labute approximate surface area is 241 Å². The Morgan fingerprint density at radius 2 is 1.82 bits per heavy atom. The van der Waals surface area contributed by atoms with Crippen molar-refractivity contribution >= 4 is 52.0 Å². The average molecular weight is 579 g/mol. The molecule has 1 atom stereocenters. The number of hydrogen-bond donors (Lipinski definition) is 2. The topological polar surface area (TPSA) is 99.9 Å². The SMILES string of the molecule is CC(C)c1cccc(C[C@H](NC(=O)c2c(Cl)cc3c(c2Cl)CCN(C(=O)c2cc4ccccc4o2)C3)C(=O)O)c1. The lowest BCUT2D eigenvalue weighted by molar-refractivity contribution is -0.139. The molecule has 2 N–H and O–H groups in total. The van der Waals surface area contributed by atoms with Gasteiger partial charge in [0.2, 0.25) is 0 Å². The first kappa shape index (κ1) is 27.7. The average Bonchev–Trinajstić information content (AvgIpc) is 3.36. The fourth-order valence-electron chi connectivity index (χ4n) is 5.02. The molecular formula is C31H28Cl2N2O5. The number of aliphatic carboxylic acids is 1. The van der Waals surface area contributed by atoms with E-state index in [1.807, 2.05) is 42.5 Å². The molecule has 0 radical (unpaired) electrons. The maximum atomic E-state index is 13.3. The van der Waals surface area contributed by atoms with Gasteiger partial charge in [-0.2, -0.15) is 0 Å². The Bertz CT molecular complexity index is 1590. The Balaban J connectivity index is 1.34. The summed E-state index contributed by atoms with van der Waals surface area (Å²) >= 11 is 13.2. The zero-order valence-corrected chi connectivity index (χ0v) is 23.6. The Kier molecular flexibility index (Phi) is 7.88. The highest BCUT2D eigenvalue weighted by Gasteiger charge is 2.30. The number of benzene rings is 3. The predicted molar refractivity (Wildman–Crippen MR) is 154 cm³/mol. The fourth-order valence-corrected chi connectivity index (χ4v) is 5.79. The molecule has 2 amide bonds. The summed E-state index contributed by atoms with van der Waals surface area (Å²) < 4.78 is 5.74. The van der Waals surface area contributed by atoms with Crippen LogP contribution in [0.25, 0.3) is 11.0 Å². The van der Waals surface area contributed by atoms with E-state index in [9.17, 15) is 19.5 Å². The molecule has 1 aromatic heterocycles. The summed E-state index contributed by atoms with van der Waals surface area (Å²) in [6.07, 6.45) is 0.516. The van der Waals surface area contributed by atoms with E-state index in [-0.39, 0.29) is 46.2 Å². The molecule has 7 nitrogen and oxygen atoms in total. The van der Waals surface area contributed by atoms with Crippen molar-refractivity contribution in [1.29, 1.82) is 0 Å². The summed E-state index contributed by atoms with van der Waals surface area (Å²) in [6.45, 7) is 4.74. The first-order chi connectivity index (χ1) is 19.1. The largest absolute Gasteiger partial charge is 0.480 e. The molecule has 0 saturated heterocycles. The summed E-state index contributed by atoms with van der Waals surface area (Å²) in [5.74, 6) is -1.53. The second kappa shape index (κ2) is 11.4. The molecule has 0 spiro atoms. The number of para-hydroxylation sites is 1. The van der Waals surface area contributed by atoms with E-state index in [0.717, 1.165) is 22.1 Å². The second-order valence-electron chi connectivity index (χ2n) is 10.3. The molecule has 1 aliphatic heterocycles. The minimum Gasteiger partial charge on any atom is -0.480 e. The van der Waals surface area contributed by atoms with E-state index in [0.29, 0.717) is 24.1 Å². The van der Waals surface area contributed by atoms with Crippen molar-refractivity contribution < 1.29 is 23.9 Å². The predicted octanol–water partition coefficient (Wildman–Crippen LogP) is 6.49. The highest BCUT2D eigenvalue weighted by molar-refractivity contribution is 6.40. The smallest absolute Gasteiger partial charge is 0.326 e. The minimum atomic E-state index is -1.17. The molecule has 0 saturated carbocycles. The van der Waals surface area contributed by atoms with Crippen molar-refractivity contribution in [2.24, 2.45) is 0 Å². The molecule has 0 fully saturated rings. The Morgan fingerprint density at radius 3 is 2.55 bits per heavy atom. The van der Waals surface area contributed by atoms with Crippen LogP contribution in [0.4, 0.5) is 0 Å². The van der Waals surface area contributed by atoms with Crippen LogP contribution in [0.5, 0.6) is 0 Å². The number of amides is 2. The van der Waals surface area contributed by atoms with Crippen molar-refractivity contribution in [3.05, 3.63) is 104 Å². The van der Waals surface area contributed by atoms with Gasteiger partial charge >= 0.3 is 5.97 Å². The van der Waals surface area contributed by atoms with Crippen LogP contribution in [0, 0.1) is 0 Å². The van der Waals surface area contributed by atoms with Gasteiger partial charge in [0.05, 0.1) is 15.6 Å². The Morgan fingerprint density at radius 1 is 1.05 bits per heavy atom. The molecule has 0 aliphatic carbocycles. The normalized spacial score (nSPS) is 13.8. The zero-order valence-electron chi connectivity index (χ0n) is 22.0. The number of halogens is 2. The number of rotatable bonds is 7. The van der Waals surface area contributed by atoms with Gasteiger partial charge in [-0.3, -0.25) is 9.59 Å². The zero-order chi connectivity index (χ0) is 28.6. The van der Waals surface area contributed by atoms with Crippen LogP contribution in [0.3, 0.4) is 0 Å². The van der Waals surface area contributed by atoms with Crippen LogP contribution in [-0.4, -0.2) is 40.4 Å². The van der Waals surface area contributed by atoms with Crippen molar-refractivity contribution in [3.8, 4) is 0 Å². The monoisotopic (exact) mass is 578 g/mol. The number of carboxylic acid groups (broad SMARTS) is 1. The van der Waals surface area contributed by atoms with Gasteiger partial charge in [0.25, 0.3) is 11.8 Å². The van der Waals surface area contributed by atoms with Gasteiger partial charge in [-0.25, -0.2) is 4.79 Å². The summed E-state index contributed by atoms with van der Waals surface area (Å²) in [4.78, 5) is 40.1. The highest BCUT2D eigenvalue weighted by atomic mass is 35.5. The maximum absolute atomic E-state index is 13.3. The molecule has 3 aromatic carbocycles. The first-order valence-corrected chi connectivity index (χ1v) is 13.8. The number of carboxylic acids is 1. The van der Waals surface area contributed by atoms with Crippen LogP contribution in [-0.2, 0) is 24.2 Å². The van der Waals surface area contributed by atoms with Gasteiger partial charge in [-0.1, -0.05) is 79.5 Å². The number of fused-ring (bicyclic) bond motifs is 2. The number of carbonyl (C=O) groups excluding carboxylic acids is 2. The quantitative estimate of drug-likeness (QED) is 0.261. The lowest BCUT2D eigenvalue weighted by Crippen LogP contribution is -2.42. The van der Waals surface area contributed by atoms with E-state index >= 15 is 0 Å². The summed E-state index contributed by atoms with van der Waals surface area (Å²) in [7, 11) is 0. The molecule has 0 unspecified atom stereocenters. The standard InChI is InChI=1S/C31H28Cl2N2O5/c1-17(2)19-8-5-6-18(12-19)13-24(31(38)39)34-29(36)27-23(32)14-21-16-35(11-10-22(21)28(27)33)30(37)26-15-20-7-3-4-9-25(20)40-26/h3-9,12,14-15,17,24H,10-11,13,16H2,1-2H3,(H,34,36)(H,38,39)/t24-/m0/s1. The lowest BCUT2D eigenvalue weighted by Gasteiger charge is -2.30. The van der Waals surface area contributed by atoms with E-state index in [2.05, 4.69) is 19.2 Å². The van der Waals surface area contributed by atoms with Gasteiger partial charge < -0.3 is 19.7 Å². The number of furan rings is 1. The molecule has 9 heteroatoms. The van der Waals surface area contributed by atoms with Gasteiger partial charge in [0.1, 0.15) is 11.6 Å². The molecule has 40 heavy (non-hydrogen) atoms. The maximum Gasteiger partial charge on any atom is 0.326 e. The first-order valence-electron chi connectivity index (χ1n) is 13.0. The molecule has 206 valence electrons. The van der Waals surface area contributed by atoms with Crippen LogP contribution >= 0.6 is 23.2 Å². The third kappa shape index (κ3) is 5.58. The third-order valence-corrected chi connectivity index (χ3v) is 7.93. The number of nitrogens with zero attached hydrogens (tertiary/aromatic N) is 1. The van der Waals surface area contributed by atoms with E-state index in [1.54, 1.807) is 23.1 Å². The fraction of sp³-hybridized carbons (Fsp3) is 0.258. The molecular weight excluding hydrogens is 551 g/mol. The van der Waals surface area contributed by atoms with Gasteiger partial charge in [0, 0.05) is 24.9 Å². The van der Waals surface area contributed by atoms with Crippen LogP contribution in [0.1, 0.15) is 62.9 Å². The minimum absolute atomic E-state index is 0.0290. The molecule has 4 aromatic rings. The van der Waals surface area contributed by atoms with Crippen LogP contribution in [0.15, 0.2) is 65.1 Å². The van der Waals surface area contributed by atoms with Crippen molar-refractivity contribution in [2.45, 2.75) is 45.2 Å². The molecule has 2 heterocycles. The molecule has 5 rings (SSSR count). The molecule has 1 aliphatic rings. The lowest BCUT2D eigenvalue weighted by atomic mass is 9.95. The highest BCUT2D eigenvalue weighted by Crippen LogP contribution is 2.35. The van der Waals surface area contributed by atoms with Crippen molar-refractivity contribution in [2.75, 3.05) is 6.54 Å².